The first-order valence-electron chi connectivity index (χ1n) is 11.3. The number of benzene rings is 2. The van der Waals surface area contributed by atoms with E-state index in [4.69, 9.17) is 10.5 Å². The second-order valence-corrected chi connectivity index (χ2v) is 9.84. The molecule has 0 aliphatic carbocycles. The van der Waals surface area contributed by atoms with E-state index in [1.165, 1.54) is 11.8 Å². The van der Waals surface area contributed by atoms with Crippen LogP contribution in [0.4, 0.5) is 13.2 Å². The lowest BCUT2D eigenvalue weighted by Gasteiger charge is -2.42. The summed E-state index contributed by atoms with van der Waals surface area (Å²) in [5, 5.41) is 34.1. The Labute approximate surface area is 217 Å². The number of rotatable bonds is 9. The van der Waals surface area contributed by atoms with Crippen LogP contribution in [-0.2, 0) is 4.74 Å². The van der Waals surface area contributed by atoms with E-state index < -0.39 is 53.8 Å². The van der Waals surface area contributed by atoms with E-state index in [1.54, 1.807) is 6.08 Å². The molecule has 5 unspecified atom stereocenters. The molecule has 0 bridgehead atoms. The summed E-state index contributed by atoms with van der Waals surface area (Å²) in [5.74, 6) is -4.44. The third-order valence-electron chi connectivity index (χ3n) is 5.98. The van der Waals surface area contributed by atoms with Gasteiger partial charge in [-0.1, -0.05) is 37.1 Å². The van der Waals surface area contributed by atoms with Crippen LogP contribution in [0.3, 0.4) is 0 Å². The summed E-state index contributed by atoms with van der Waals surface area (Å²) >= 11 is 1.17. The van der Waals surface area contributed by atoms with Crippen molar-refractivity contribution in [2.45, 2.75) is 34.7 Å². The molecule has 200 valence electrons. The van der Waals surface area contributed by atoms with Gasteiger partial charge in [0.1, 0.15) is 23.7 Å². The van der Waals surface area contributed by atoms with E-state index in [1.807, 2.05) is 37.2 Å². The molecule has 6 N–H and O–H groups in total. The predicted molar refractivity (Wildman–Crippen MR) is 138 cm³/mol. The number of hydrogen-bond donors (Lipinski definition) is 5. The first-order valence-corrected chi connectivity index (χ1v) is 12.1. The van der Waals surface area contributed by atoms with Gasteiger partial charge in [0.2, 0.25) is 0 Å². The Hall–Kier alpha value is -2.96. The van der Waals surface area contributed by atoms with Crippen LogP contribution in [-0.4, -0.2) is 70.7 Å². The summed E-state index contributed by atoms with van der Waals surface area (Å²) in [6, 6.07) is 5.94. The standard InChI is InChI=1S/C26H30F3N3O4S/c1-5-14-8-16(6-7-17(14)13(2)32(3)4)37-26-25(35)23(24(34)21(12-33)36-26)31-11-20(30)15-9-18(27)22(29)19(28)10-15/h5-11,21,23-26,31,33-35H,1-2,12,30H2,3-4H3/b20-11-. The van der Waals surface area contributed by atoms with Gasteiger partial charge in [0, 0.05) is 42.0 Å². The highest BCUT2D eigenvalue weighted by atomic mass is 32.2. The minimum atomic E-state index is -1.62. The fourth-order valence-corrected chi connectivity index (χ4v) is 4.91. The molecule has 0 spiro atoms. The Kier molecular flexibility index (Phi) is 9.32. The van der Waals surface area contributed by atoms with Crippen LogP contribution < -0.4 is 11.1 Å². The maximum Gasteiger partial charge on any atom is 0.194 e. The Balaban J connectivity index is 1.83. The zero-order valence-electron chi connectivity index (χ0n) is 20.4. The fourth-order valence-electron chi connectivity index (χ4n) is 3.79. The van der Waals surface area contributed by atoms with Crippen molar-refractivity contribution < 1.29 is 33.2 Å². The summed E-state index contributed by atoms with van der Waals surface area (Å²) < 4.78 is 46.2. The number of hydrogen-bond acceptors (Lipinski definition) is 8. The van der Waals surface area contributed by atoms with Gasteiger partial charge in [0.05, 0.1) is 18.3 Å². The summed E-state index contributed by atoms with van der Waals surface area (Å²) in [6.07, 6.45) is -0.858. The van der Waals surface area contributed by atoms with Gasteiger partial charge in [-0.25, -0.2) is 13.2 Å². The molecule has 5 atom stereocenters. The van der Waals surface area contributed by atoms with Crippen molar-refractivity contribution >= 4 is 29.2 Å². The third-order valence-corrected chi connectivity index (χ3v) is 7.13. The molecule has 0 aromatic heterocycles. The van der Waals surface area contributed by atoms with E-state index in [0.29, 0.717) is 0 Å². The topological polar surface area (TPSA) is 111 Å². The second-order valence-electron chi connectivity index (χ2n) is 8.66. The molecular weight excluding hydrogens is 507 g/mol. The Bertz CT molecular complexity index is 1170. The van der Waals surface area contributed by atoms with Crippen LogP contribution in [0.5, 0.6) is 0 Å². The van der Waals surface area contributed by atoms with E-state index in [-0.39, 0.29) is 11.3 Å². The molecule has 1 aliphatic heterocycles. The monoisotopic (exact) mass is 537 g/mol. The summed E-state index contributed by atoms with van der Waals surface area (Å²) in [4.78, 5) is 2.61. The number of ether oxygens (including phenoxy) is 1. The SMILES string of the molecule is C=Cc1cc(SC2OC(CO)C(O)C(N/C=C(\N)c3cc(F)c(F)c(F)c3)C2O)ccc1C(=C)N(C)C. The molecule has 2 aromatic rings. The minimum absolute atomic E-state index is 0.138. The van der Waals surface area contributed by atoms with Crippen molar-refractivity contribution in [1.82, 2.24) is 10.2 Å². The van der Waals surface area contributed by atoms with Crippen LogP contribution in [0.1, 0.15) is 16.7 Å². The maximum absolute atomic E-state index is 13.6. The number of aliphatic hydroxyl groups is 3. The molecule has 11 heteroatoms. The lowest BCUT2D eigenvalue weighted by atomic mass is 9.97. The normalized spacial score (nSPS) is 24.0. The molecule has 0 amide bonds. The van der Waals surface area contributed by atoms with Gasteiger partial charge in [-0.05, 0) is 29.8 Å². The molecule has 3 rings (SSSR count). The van der Waals surface area contributed by atoms with Crippen molar-refractivity contribution in [3.63, 3.8) is 0 Å². The van der Waals surface area contributed by atoms with Crippen molar-refractivity contribution in [2.75, 3.05) is 20.7 Å². The molecule has 0 saturated carbocycles. The maximum atomic E-state index is 13.6. The van der Waals surface area contributed by atoms with E-state index in [9.17, 15) is 28.5 Å². The molecular formula is C26H30F3N3O4S. The van der Waals surface area contributed by atoms with Crippen molar-refractivity contribution in [3.05, 3.63) is 83.8 Å². The highest BCUT2D eigenvalue weighted by Crippen LogP contribution is 2.35. The van der Waals surface area contributed by atoms with Crippen molar-refractivity contribution in [3.8, 4) is 0 Å². The number of thioether (sulfide) groups is 1. The van der Waals surface area contributed by atoms with E-state index in [0.717, 1.165) is 40.1 Å². The van der Waals surface area contributed by atoms with Gasteiger partial charge in [-0.15, -0.1) is 0 Å². The predicted octanol–water partition coefficient (Wildman–Crippen LogP) is 2.73. The van der Waals surface area contributed by atoms with E-state index in [2.05, 4.69) is 18.5 Å². The lowest BCUT2D eigenvalue weighted by Crippen LogP contribution is -2.62. The first-order chi connectivity index (χ1) is 17.5. The highest BCUT2D eigenvalue weighted by molar-refractivity contribution is 7.99. The molecule has 7 nitrogen and oxygen atoms in total. The number of nitrogens with zero attached hydrogens (tertiary/aromatic N) is 1. The molecule has 37 heavy (non-hydrogen) atoms. The van der Waals surface area contributed by atoms with Crippen LogP contribution in [0.2, 0.25) is 0 Å². The quantitative estimate of drug-likeness (QED) is 0.311. The summed E-state index contributed by atoms with van der Waals surface area (Å²) in [7, 11) is 3.75. The van der Waals surface area contributed by atoms with Crippen LogP contribution in [0.25, 0.3) is 17.5 Å². The molecule has 1 fully saturated rings. The Morgan fingerprint density at radius 2 is 1.81 bits per heavy atom. The molecule has 1 saturated heterocycles. The van der Waals surface area contributed by atoms with E-state index >= 15 is 0 Å². The summed E-state index contributed by atoms with van der Waals surface area (Å²) in [6.45, 7) is 7.39. The van der Waals surface area contributed by atoms with Crippen molar-refractivity contribution in [2.24, 2.45) is 5.73 Å². The number of nitrogens with one attached hydrogen (secondary N) is 1. The minimum Gasteiger partial charge on any atom is -0.397 e. The second kappa shape index (κ2) is 12.1. The Morgan fingerprint density at radius 3 is 2.38 bits per heavy atom. The zero-order chi connectivity index (χ0) is 27.4. The van der Waals surface area contributed by atoms with Gasteiger partial charge < -0.3 is 36.0 Å². The van der Waals surface area contributed by atoms with Gasteiger partial charge in [0.15, 0.2) is 17.5 Å². The molecule has 0 radical (unpaired) electrons. The third kappa shape index (κ3) is 6.31. The Morgan fingerprint density at radius 1 is 1.16 bits per heavy atom. The smallest absolute Gasteiger partial charge is 0.194 e. The summed E-state index contributed by atoms with van der Waals surface area (Å²) in [5.41, 5.74) is 7.16. The fraction of sp³-hybridized carbons (Fsp3) is 0.308. The van der Waals surface area contributed by atoms with Crippen LogP contribution in [0.15, 0.2) is 54.6 Å². The molecule has 1 heterocycles. The van der Waals surface area contributed by atoms with Crippen molar-refractivity contribution in [1.29, 1.82) is 0 Å². The zero-order valence-corrected chi connectivity index (χ0v) is 21.2. The average molecular weight is 538 g/mol. The van der Waals surface area contributed by atoms with Gasteiger partial charge >= 0.3 is 0 Å². The van der Waals surface area contributed by atoms with Gasteiger partial charge in [-0.3, -0.25) is 0 Å². The van der Waals surface area contributed by atoms with Gasteiger partial charge in [0.25, 0.3) is 0 Å². The number of nitrogens with two attached hydrogens (primary N) is 1. The highest BCUT2D eigenvalue weighted by Gasteiger charge is 2.44. The van der Waals surface area contributed by atoms with Crippen LogP contribution >= 0.6 is 11.8 Å². The lowest BCUT2D eigenvalue weighted by molar-refractivity contribution is -0.164. The molecule has 2 aromatic carbocycles. The van der Waals surface area contributed by atoms with Gasteiger partial charge in [-0.2, -0.15) is 0 Å². The largest absolute Gasteiger partial charge is 0.397 e. The number of aliphatic hydroxyl groups excluding tert-OH is 3. The van der Waals surface area contributed by atoms with Crippen LogP contribution in [0, 0.1) is 17.5 Å². The average Bonchev–Trinajstić information content (AvgIpc) is 2.87. The number of halogens is 3. The first kappa shape index (κ1) is 28.6. The molecule has 1 aliphatic rings.